The first-order valence-corrected chi connectivity index (χ1v) is 10.6. The molecule has 27 heavy (non-hydrogen) atoms. The molecule has 0 spiro atoms. The molecule has 0 unspecified atom stereocenters. The predicted molar refractivity (Wildman–Crippen MR) is 109 cm³/mol. The van der Waals surface area contributed by atoms with Crippen LogP contribution in [0, 0.1) is 6.92 Å². The number of para-hydroxylation sites is 2. The van der Waals surface area contributed by atoms with E-state index in [1.807, 2.05) is 32.9 Å². The van der Waals surface area contributed by atoms with E-state index in [0.29, 0.717) is 17.1 Å². The lowest BCUT2D eigenvalue weighted by molar-refractivity contribution is -0.116. The number of sulfonamides is 1. The molecule has 0 saturated carbocycles. The van der Waals surface area contributed by atoms with E-state index in [-0.39, 0.29) is 25.0 Å². The van der Waals surface area contributed by atoms with E-state index in [1.54, 1.807) is 36.4 Å². The Hall–Kier alpha value is -2.54. The Labute approximate surface area is 161 Å². The van der Waals surface area contributed by atoms with Crippen molar-refractivity contribution in [2.75, 3.05) is 22.4 Å². The summed E-state index contributed by atoms with van der Waals surface area (Å²) in [6.45, 7) is 5.76. The number of carbonyl (C=O) groups excluding carboxylic acids is 1. The van der Waals surface area contributed by atoms with E-state index < -0.39 is 10.0 Å². The molecule has 1 N–H and O–H groups in total. The summed E-state index contributed by atoms with van der Waals surface area (Å²) in [6.07, 6.45) is 1.14. The van der Waals surface area contributed by atoms with Crippen molar-refractivity contribution in [1.82, 2.24) is 0 Å². The summed E-state index contributed by atoms with van der Waals surface area (Å²) in [5.74, 6) is 0.301. The highest BCUT2D eigenvalue weighted by Gasteiger charge is 2.19. The fraction of sp³-hybridized carbons (Fsp3) is 0.350. The number of amides is 1. The lowest BCUT2D eigenvalue weighted by Gasteiger charge is -2.22. The fourth-order valence-electron chi connectivity index (χ4n) is 2.61. The van der Waals surface area contributed by atoms with E-state index in [9.17, 15) is 13.2 Å². The van der Waals surface area contributed by atoms with Gasteiger partial charge in [0.05, 0.1) is 23.7 Å². The quantitative estimate of drug-likeness (QED) is 0.748. The Kier molecular flexibility index (Phi) is 6.85. The highest BCUT2D eigenvalue weighted by Crippen LogP contribution is 2.25. The van der Waals surface area contributed by atoms with Crippen molar-refractivity contribution in [3.05, 3.63) is 54.1 Å². The monoisotopic (exact) mass is 390 g/mol. The van der Waals surface area contributed by atoms with Crippen LogP contribution < -0.4 is 14.4 Å². The zero-order valence-electron chi connectivity index (χ0n) is 16.1. The molecule has 146 valence electrons. The first kappa shape index (κ1) is 20.8. The van der Waals surface area contributed by atoms with Crippen LogP contribution in [0.4, 0.5) is 11.4 Å². The van der Waals surface area contributed by atoms with Gasteiger partial charge in [0.15, 0.2) is 0 Å². The Morgan fingerprint density at radius 2 is 1.85 bits per heavy atom. The Morgan fingerprint density at radius 1 is 1.15 bits per heavy atom. The van der Waals surface area contributed by atoms with E-state index >= 15 is 0 Å². The zero-order valence-corrected chi connectivity index (χ0v) is 16.9. The summed E-state index contributed by atoms with van der Waals surface area (Å²) in [5.41, 5.74) is 2.07. The molecule has 0 fully saturated rings. The van der Waals surface area contributed by atoms with Crippen molar-refractivity contribution in [3.8, 4) is 5.75 Å². The molecule has 0 atom stereocenters. The SMILES string of the molecule is Cc1cccc(N(CCC(=O)Nc2ccccc2OC(C)C)S(C)(=O)=O)c1. The number of hydrogen-bond donors (Lipinski definition) is 1. The minimum absolute atomic E-state index is 0.0231. The third-order valence-corrected chi connectivity index (χ3v) is 4.95. The molecule has 0 bridgehead atoms. The maximum Gasteiger partial charge on any atom is 0.232 e. The van der Waals surface area contributed by atoms with Crippen LogP contribution >= 0.6 is 0 Å². The Bertz CT molecular complexity index is 894. The number of nitrogens with zero attached hydrogens (tertiary/aromatic N) is 1. The average molecular weight is 391 g/mol. The van der Waals surface area contributed by atoms with E-state index in [1.165, 1.54) is 4.31 Å². The first-order chi connectivity index (χ1) is 12.7. The maximum atomic E-state index is 12.4. The third kappa shape index (κ3) is 6.29. The van der Waals surface area contributed by atoms with Crippen molar-refractivity contribution in [2.24, 2.45) is 0 Å². The molecule has 0 saturated heterocycles. The van der Waals surface area contributed by atoms with Crippen molar-refractivity contribution in [3.63, 3.8) is 0 Å². The van der Waals surface area contributed by atoms with Crippen LogP contribution in [0.15, 0.2) is 48.5 Å². The maximum absolute atomic E-state index is 12.4. The van der Waals surface area contributed by atoms with Crippen LogP contribution in [0.25, 0.3) is 0 Å². The summed E-state index contributed by atoms with van der Waals surface area (Å²) in [7, 11) is -3.50. The molecular formula is C20H26N2O4S. The van der Waals surface area contributed by atoms with Gasteiger partial charge in [-0.3, -0.25) is 9.10 Å². The number of nitrogens with one attached hydrogen (secondary N) is 1. The van der Waals surface area contributed by atoms with Gasteiger partial charge in [0.2, 0.25) is 15.9 Å². The van der Waals surface area contributed by atoms with Crippen molar-refractivity contribution < 1.29 is 17.9 Å². The van der Waals surface area contributed by atoms with Crippen LogP contribution in [0.5, 0.6) is 5.75 Å². The number of ether oxygens (including phenoxy) is 1. The average Bonchev–Trinajstić information content (AvgIpc) is 2.55. The molecule has 2 rings (SSSR count). The molecule has 0 aromatic heterocycles. The van der Waals surface area contributed by atoms with Crippen LogP contribution in [0.3, 0.4) is 0 Å². The lowest BCUT2D eigenvalue weighted by Crippen LogP contribution is -2.33. The number of benzene rings is 2. The van der Waals surface area contributed by atoms with Gasteiger partial charge in [-0.25, -0.2) is 8.42 Å². The summed E-state index contributed by atoms with van der Waals surface area (Å²) >= 11 is 0. The zero-order chi connectivity index (χ0) is 20.0. The van der Waals surface area contributed by atoms with E-state index in [2.05, 4.69) is 5.32 Å². The van der Waals surface area contributed by atoms with Crippen LogP contribution in [-0.2, 0) is 14.8 Å². The molecule has 2 aromatic rings. The van der Waals surface area contributed by atoms with Crippen LogP contribution in [0.2, 0.25) is 0 Å². The third-order valence-electron chi connectivity index (χ3n) is 3.76. The normalized spacial score (nSPS) is 11.3. The number of aryl methyl sites for hydroxylation is 1. The summed E-state index contributed by atoms with van der Waals surface area (Å²) in [4.78, 5) is 12.4. The van der Waals surface area contributed by atoms with Gasteiger partial charge in [-0.2, -0.15) is 0 Å². The smallest absolute Gasteiger partial charge is 0.232 e. The Morgan fingerprint density at radius 3 is 2.48 bits per heavy atom. The second-order valence-corrected chi connectivity index (χ2v) is 8.54. The molecule has 0 aliphatic carbocycles. The molecule has 0 aliphatic rings. The van der Waals surface area contributed by atoms with Gasteiger partial charge in [-0.05, 0) is 50.6 Å². The standard InChI is InChI=1S/C20H26N2O4S/c1-15(2)26-19-11-6-5-10-18(19)21-20(23)12-13-22(27(4,24)25)17-9-7-8-16(3)14-17/h5-11,14-15H,12-13H2,1-4H3,(H,21,23). The molecular weight excluding hydrogens is 364 g/mol. The first-order valence-electron chi connectivity index (χ1n) is 8.76. The minimum atomic E-state index is -3.50. The number of rotatable bonds is 8. The van der Waals surface area contributed by atoms with E-state index in [4.69, 9.17) is 4.74 Å². The Balaban J connectivity index is 2.09. The number of hydrogen-bond acceptors (Lipinski definition) is 4. The molecule has 0 radical (unpaired) electrons. The predicted octanol–water partition coefficient (Wildman–Crippen LogP) is 3.58. The van der Waals surface area contributed by atoms with Gasteiger partial charge < -0.3 is 10.1 Å². The largest absolute Gasteiger partial charge is 0.489 e. The summed E-state index contributed by atoms with van der Waals surface area (Å²) in [6, 6.07) is 14.4. The number of anilines is 2. The highest BCUT2D eigenvalue weighted by atomic mass is 32.2. The molecule has 7 heteroatoms. The van der Waals surface area contributed by atoms with Crippen LogP contribution in [-0.4, -0.2) is 33.2 Å². The molecule has 1 amide bonds. The number of carbonyl (C=O) groups is 1. The molecule has 6 nitrogen and oxygen atoms in total. The molecule has 2 aromatic carbocycles. The highest BCUT2D eigenvalue weighted by molar-refractivity contribution is 7.92. The van der Waals surface area contributed by atoms with Gasteiger partial charge in [0, 0.05) is 13.0 Å². The van der Waals surface area contributed by atoms with Crippen molar-refractivity contribution in [1.29, 1.82) is 0 Å². The molecule has 0 aliphatic heterocycles. The van der Waals surface area contributed by atoms with Crippen LogP contribution in [0.1, 0.15) is 25.8 Å². The van der Waals surface area contributed by atoms with Gasteiger partial charge in [0.25, 0.3) is 0 Å². The lowest BCUT2D eigenvalue weighted by atomic mass is 10.2. The van der Waals surface area contributed by atoms with Gasteiger partial charge in [-0.1, -0.05) is 24.3 Å². The van der Waals surface area contributed by atoms with Crippen molar-refractivity contribution in [2.45, 2.75) is 33.3 Å². The second kappa shape index (κ2) is 8.90. The summed E-state index contributed by atoms with van der Waals surface area (Å²) < 4.78 is 31.3. The minimum Gasteiger partial charge on any atom is -0.489 e. The van der Waals surface area contributed by atoms with Gasteiger partial charge >= 0.3 is 0 Å². The van der Waals surface area contributed by atoms with Gasteiger partial charge in [0.1, 0.15) is 5.75 Å². The second-order valence-electron chi connectivity index (χ2n) is 6.64. The topological polar surface area (TPSA) is 75.7 Å². The van der Waals surface area contributed by atoms with Crippen molar-refractivity contribution >= 4 is 27.3 Å². The molecule has 0 heterocycles. The summed E-state index contributed by atoms with van der Waals surface area (Å²) in [5, 5.41) is 2.80. The fourth-order valence-corrected chi connectivity index (χ4v) is 3.53. The van der Waals surface area contributed by atoms with Gasteiger partial charge in [-0.15, -0.1) is 0 Å². The van der Waals surface area contributed by atoms with E-state index in [0.717, 1.165) is 11.8 Å².